The molecule has 0 aliphatic carbocycles. The third-order valence-corrected chi connectivity index (χ3v) is 9.79. The fraction of sp³-hybridized carbons (Fsp3) is 0.429. The van der Waals surface area contributed by atoms with Gasteiger partial charge in [0, 0.05) is 122 Å². The summed E-state index contributed by atoms with van der Waals surface area (Å²) in [5.74, 6) is 1.43. The maximum atomic E-state index is 11.5. The van der Waals surface area contributed by atoms with Gasteiger partial charge in [0.25, 0.3) is 0 Å². The van der Waals surface area contributed by atoms with E-state index in [1.807, 2.05) is 54.0 Å². The van der Waals surface area contributed by atoms with Crippen molar-refractivity contribution in [2.45, 2.75) is 53.1 Å². The lowest BCUT2D eigenvalue weighted by atomic mass is 10.2. The maximum absolute atomic E-state index is 11.5. The van der Waals surface area contributed by atoms with Gasteiger partial charge in [0.15, 0.2) is 0 Å². The van der Waals surface area contributed by atoms with Gasteiger partial charge in [-0.2, -0.15) is 0 Å². The molecule has 0 radical (unpaired) electrons. The molecule has 0 unspecified atom stereocenters. The number of ether oxygens (including phenoxy) is 2. The Morgan fingerprint density at radius 1 is 0.500 bits per heavy atom. The molecule has 7 rings (SSSR count). The van der Waals surface area contributed by atoms with Crippen LogP contribution in [0.4, 0.5) is 4.79 Å². The number of carbonyl (C=O) groups is 4. The van der Waals surface area contributed by atoms with E-state index in [-0.39, 0.29) is 30.2 Å². The highest BCUT2D eigenvalue weighted by Crippen LogP contribution is 2.11. The number of benzene rings is 4. The van der Waals surface area contributed by atoms with Gasteiger partial charge in [-0.1, -0.05) is 118 Å². The van der Waals surface area contributed by atoms with E-state index >= 15 is 0 Å². The Labute approximate surface area is 393 Å². The summed E-state index contributed by atoms with van der Waals surface area (Å²) in [6, 6.07) is 38.9. The molecule has 0 aromatic heterocycles. The van der Waals surface area contributed by atoms with E-state index in [1.54, 1.807) is 43.3 Å². The van der Waals surface area contributed by atoms with Crippen molar-refractivity contribution >= 4 is 47.2 Å². The zero-order valence-electron chi connectivity index (χ0n) is 38.2. The quantitative estimate of drug-likeness (QED) is 0.0899. The van der Waals surface area contributed by atoms with Gasteiger partial charge in [-0.15, -0.1) is 12.4 Å². The van der Waals surface area contributed by atoms with Crippen LogP contribution < -0.4 is 25.8 Å². The van der Waals surface area contributed by atoms with Crippen LogP contribution in [-0.4, -0.2) is 128 Å². The van der Waals surface area contributed by atoms with Crippen LogP contribution in [0, 0.1) is 0 Å². The first kappa shape index (κ1) is 57.2. The number of hydrogen-bond donors (Lipinski definition) is 3. The minimum absolute atomic E-state index is 0. The third-order valence-electron chi connectivity index (χ3n) is 9.71. The summed E-state index contributed by atoms with van der Waals surface area (Å²) in [4.78, 5) is 52.3. The predicted octanol–water partition coefficient (Wildman–Crippen LogP) is 7.08. The number of esters is 1. The lowest BCUT2D eigenvalue weighted by Crippen LogP contribution is -2.48. The Morgan fingerprint density at radius 2 is 0.844 bits per heavy atom. The molecular formula is C49H71Cl2N7O6. The van der Waals surface area contributed by atoms with E-state index in [0.717, 1.165) is 78.5 Å². The van der Waals surface area contributed by atoms with Crippen LogP contribution in [0.1, 0.15) is 51.2 Å². The van der Waals surface area contributed by atoms with Crippen LogP contribution in [0.2, 0.25) is 0 Å². The van der Waals surface area contributed by atoms with Gasteiger partial charge in [0.05, 0.1) is 0 Å². The standard InChI is InChI=1S/C14H20N2O.C11H16N2.C9H10O2.C7H5ClO2.C7H14N2O.CH5N.ClH/c1-2-14(17)16-10-8-15(9-11-16)12-13-6-4-3-5-7-13;1-2-4-11(5-3-1)10-13-8-6-12-7-9-13;1-2-9(10)11-8-6-4-3-5-7-8;8-7(9)10-6-4-2-1-3-5-6;1-2-7(10)9-5-3-8-4-6-9;1-2;/h3-7H,2,8-12H2,1H3;1-5,12H,6-10H2;3-7H,2H2,1H3;1-5H;8H,2-6H2,1H3;2H2,1H3;1H. The van der Waals surface area contributed by atoms with Gasteiger partial charge in [-0.3, -0.25) is 24.2 Å². The Hall–Kier alpha value is -4.86. The second-order valence-corrected chi connectivity index (χ2v) is 14.6. The largest absolute Gasteiger partial charge is 0.427 e. The number of para-hydroxylation sites is 2. The molecule has 0 spiro atoms. The van der Waals surface area contributed by atoms with Crippen molar-refractivity contribution in [2.24, 2.45) is 5.73 Å². The van der Waals surface area contributed by atoms with Gasteiger partial charge in [0.1, 0.15) is 11.5 Å². The summed E-state index contributed by atoms with van der Waals surface area (Å²) >= 11 is 4.95. The molecule has 2 amide bonds. The average molecular weight is 925 g/mol. The molecule has 4 aromatic carbocycles. The first-order chi connectivity index (χ1) is 30.7. The maximum Gasteiger partial charge on any atom is 0.409 e. The van der Waals surface area contributed by atoms with Gasteiger partial charge < -0.3 is 35.6 Å². The van der Waals surface area contributed by atoms with Crippen LogP contribution in [0.15, 0.2) is 121 Å². The highest BCUT2D eigenvalue weighted by molar-refractivity contribution is 6.61. The first-order valence-corrected chi connectivity index (χ1v) is 22.3. The summed E-state index contributed by atoms with van der Waals surface area (Å²) in [6.45, 7) is 19.7. The molecule has 4 N–H and O–H groups in total. The molecule has 64 heavy (non-hydrogen) atoms. The first-order valence-electron chi connectivity index (χ1n) is 22.0. The smallest absolute Gasteiger partial charge is 0.409 e. The van der Waals surface area contributed by atoms with E-state index in [0.29, 0.717) is 30.8 Å². The molecule has 13 nitrogen and oxygen atoms in total. The number of nitrogens with zero attached hydrogens (tertiary/aromatic N) is 4. The second kappa shape index (κ2) is 36.5. The Kier molecular flexibility index (Phi) is 32.6. The fourth-order valence-corrected chi connectivity index (χ4v) is 6.43. The van der Waals surface area contributed by atoms with E-state index in [2.05, 4.69) is 85.5 Å². The number of hydrogen-bond acceptors (Lipinski definition) is 11. The molecule has 0 atom stereocenters. The van der Waals surface area contributed by atoms with Crippen LogP contribution >= 0.6 is 24.0 Å². The van der Waals surface area contributed by atoms with Crippen LogP contribution in [-0.2, 0) is 27.5 Å². The van der Waals surface area contributed by atoms with E-state index in [1.165, 1.54) is 31.3 Å². The monoisotopic (exact) mass is 923 g/mol. The SMILES string of the molecule is CCC(=O)N1CCN(Cc2ccccc2)CC1.CCC(=O)N1CCNCC1.CCC(=O)Oc1ccccc1.CN.Cl.O=C(Cl)Oc1ccccc1.c1ccc(CN2CCNCC2)cc1. The number of piperazine rings is 3. The molecular weight excluding hydrogens is 853 g/mol. The van der Waals surface area contributed by atoms with Crippen molar-refractivity contribution in [1.29, 1.82) is 0 Å². The number of amides is 2. The molecule has 352 valence electrons. The van der Waals surface area contributed by atoms with Crippen molar-refractivity contribution in [3.63, 3.8) is 0 Å². The molecule has 3 heterocycles. The Bertz CT molecular complexity index is 1780. The zero-order valence-corrected chi connectivity index (χ0v) is 39.7. The van der Waals surface area contributed by atoms with E-state index in [9.17, 15) is 19.2 Å². The van der Waals surface area contributed by atoms with Crippen LogP contribution in [0.5, 0.6) is 11.5 Å². The molecule has 4 aromatic rings. The molecule has 0 saturated carbocycles. The predicted molar refractivity (Wildman–Crippen MR) is 261 cm³/mol. The number of rotatable bonds is 9. The van der Waals surface area contributed by atoms with Gasteiger partial charge in [0.2, 0.25) is 11.8 Å². The third kappa shape index (κ3) is 26.1. The molecule has 3 aliphatic rings. The highest BCUT2D eigenvalue weighted by atomic mass is 35.5. The fourth-order valence-electron chi connectivity index (χ4n) is 6.34. The molecule has 3 aliphatic heterocycles. The Balaban J connectivity index is 0.000000400. The normalized spacial score (nSPS) is 14.4. The topological polar surface area (TPSA) is 150 Å². The van der Waals surface area contributed by atoms with Crippen LogP contribution in [0.3, 0.4) is 0 Å². The van der Waals surface area contributed by atoms with Crippen molar-refractivity contribution < 1.29 is 28.7 Å². The van der Waals surface area contributed by atoms with Crippen molar-refractivity contribution in [1.82, 2.24) is 30.2 Å². The zero-order chi connectivity index (χ0) is 45.9. The summed E-state index contributed by atoms with van der Waals surface area (Å²) in [7, 11) is 1.50. The number of carbonyl (C=O) groups excluding carboxylic acids is 4. The minimum Gasteiger partial charge on any atom is -0.427 e. The molecule has 0 bridgehead atoms. The highest BCUT2D eigenvalue weighted by Gasteiger charge is 2.19. The summed E-state index contributed by atoms with van der Waals surface area (Å²) in [6.07, 6.45) is 1.67. The van der Waals surface area contributed by atoms with E-state index < -0.39 is 5.43 Å². The lowest BCUT2D eigenvalue weighted by molar-refractivity contribution is -0.134. The Morgan fingerprint density at radius 3 is 1.22 bits per heavy atom. The van der Waals surface area contributed by atoms with Gasteiger partial charge >= 0.3 is 11.4 Å². The number of nitrogens with one attached hydrogen (secondary N) is 2. The second-order valence-electron chi connectivity index (χ2n) is 14.3. The molecule has 15 heteroatoms. The van der Waals surface area contributed by atoms with Gasteiger partial charge in [-0.25, -0.2) is 4.79 Å². The van der Waals surface area contributed by atoms with E-state index in [4.69, 9.17) is 16.3 Å². The summed E-state index contributed by atoms with van der Waals surface area (Å²) in [5.41, 5.74) is 6.46. The molecule has 3 fully saturated rings. The van der Waals surface area contributed by atoms with Crippen LogP contribution in [0.25, 0.3) is 0 Å². The van der Waals surface area contributed by atoms with Crippen molar-refractivity contribution in [3.05, 3.63) is 132 Å². The van der Waals surface area contributed by atoms with Crippen molar-refractivity contribution in [2.75, 3.05) is 85.6 Å². The lowest BCUT2D eigenvalue weighted by Gasteiger charge is -2.34. The number of nitrogens with two attached hydrogens (primary N) is 1. The minimum atomic E-state index is -0.814. The van der Waals surface area contributed by atoms with Gasteiger partial charge in [-0.05, 0) is 42.4 Å². The summed E-state index contributed by atoms with van der Waals surface area (Å²) in [5, 5.41) is 6.56. The van der Waals surface area contributed by atoms with Crippen molar-refractivity contribution in [3.8, 4) is 11.5 Å². The summed E-state index contributed by atoms with van der Waals surface area (Å²) < 4.78 is 9.47. The molecule has 3 saturated heterocycles. The average Bonchev–Trinajstić information content (AvgIpc) is 3.34. The number of halogens is 2.